The van der Waals surface area contributed by atoms with Crippen LogP contribution in [-0.2, 0) is 6.42 Å². The Kier molecular flexibility index (Phi) is 12.2. The lowest BCUT2D eigenvalue weighted by atomic mass is 10.00. The number of nitrogens with one attached hydrogen (secondary N) is 2. The second-order valence-electron chi connectivity index (χ2n) is 9.64. The van der Waals surface area contributed by atoms with E-state index in [0.29, 0.717) is 29.7 Å². The Bertz CT molecular complexity index is 754. The molecule has 0 saturated carbocycles. The molecule has 0 heterocycles. The molecule has 176 valence electrons. The summed E-state index contributed by atoms with van der Waals surface area (Å²) in [6.07, 6.45) is 10.4. The fourth-order valence-corrected chi connectivity index (χ4v) is 3.98. The molecule has 0 spiro atoms. The predicted molar refractivity (Wildman–Crippen MR) is 139 cm³/mol. The van der Waals surface area contributed by atoms with Crippen molar-refractivity contribution in [1.82, 2.24) is 10.6 Å². The van der Waals surface area contributed by atoms with Crippen LogP contribution < -0.4 is 10.6 Å². The van der Waals surface area contributed by atoms with Crippen LogP contribution in [0.3, 0.4) is 0 Å². The molecule has 0 aliphatic carbocycles. The zero-order chi connectivity index (χ0) is 23.2. The van der Waals surface area contributed by atoms with Crippen LogP contribution in [0.1, 0.15) is 64.5 Å². The largest absolute Gasteiger partial charge is 0.508 e. The Morgan fingerprint density at radius 3 is 2.28 bits per heavy atom. The molecule has 0 saturated heterocycles. The molecule has 0 bridgehead atoms. The SMILES string of the molecule is CCCC[C@H](C)CN[C@H](CN[C@H](/C=C/c1ccccc1)CC(C)C)Cc1ccc(O)cc1. The third-order valence-corrected chi connectivity index (χ3v) is 5.90. The van der Waals surface area contributed by atoms with Gasteiger partial charge in [0.2, 0.25) is 0 Å². The van der Waals surface area contributed by atoms with Crippen LogP contribution in [0.2, 0.25) is 0 Å². The Hall–Kier alpha value is -2.10. The molecule has 0 aliphatic rings. The number of hydrogen-bond acceptors (Lipinski definition) is 3. The highest BCUT2D eigenvalue weighted by molar-refractivity contribution is 5.49. The Labute approximate surface area is 196 Å². The van der Waals surface area contributed by atoms with Crippen molar-refractivity contribution in [2.24, 2.45) is 11.8 Å². The molecule has 32 heavy (non-hydrogen) atoms. The molecule has 0 aromatic heterocycles. The van der Waals surface area contributed by atoms with Gasteiger partial charge in [-0.3, -0.25) is 0 Å². The van der Waals surface area contributed by atoms with Crippen molar-refractivity contribution >= 4 is 6.08 Å². The summed E-state index contributed by atoms with van der Waals surface area (Å²) in [7, 11) is 0. The zero-order valence-electron chi connectivity index (χ0n) is 20.6. The summed E-state index contributed by atoms with van der Waals surface area (Å²) in [6.45, 7) is 11.1. The van der Waals surface area contributed by atoms with Gasteiger partial charge in [0.1, 0.15) is 5.75 Å². The van der Waals surface area contributed by atoms with Gasteiger partial charge in [0, 0.05) is 18.6 Å². The van der Waals surface area contributed by atoms with Crippen LogP contribution in [-0.4, -0.2) is 30.3 Å². The lowest BCUT2D eigenvalue weighted by Gasteiger charge is -2.25. The van der Waals surface area contributed by atoms with Crippen LogP contribution in [0.4, 0.5) is 0 Å². The summed E-state index contributed by atoms with van der Waals surface area (Å²) < 4.78 is 0. The van der Waals surface area contributed by atoms with E-state index in [1.165, 1.54) is 30.4 Å². The summed E-state index contributed by atoms with van der Waals surface area (Å²) in [4.78, 5) is 0. The van der Waals surface area contributed by atoms with Crippen molar-refractivity contribution in [2.45, 2.75) is 71.9 Å². The number of aromatic hydroxyl groups is 1. The van der Waals surface area contributed by atoms with Gasteiger partial charge < -0.3 is 15.7 Å². The zero-order valence-corrected chi connectivity index (χ0v) is 20.6. The van der Waals surface area contributed by atoms with E-state index in [1.54, 1.807) is 12.1 Å². The lowest BCUT2D eigenvalue weighted by molar-refractivity contribution is 0.384. The summed E-state index contributed by atoms with van der Waals surface area (Å²) in [5.74, 6) is 1.64. The first-order valence-electron chi connectivity index (χ1n) is 12.4. The number of phenols is 1. The fourth-order valence-electron chi connectivity index (χ4n) is 3.98. The first-order chi connectivity index (χ1) is 15.5. The van der Waals surface area contributed by atoms with Crippen LogP contribution in [0.25, 0.3) is 6.08 Å². The average Bonchev–Trinajstić information content (AvgIpc) is 2.79. The first-order valence-corrected chi connectivity index (χ1v) is 12.4. The van der Waals surface area contributed by atoms with Gasteiger partial charge in [-0.1, -0.05) is 95.2 Å². The smallest absolute Gasteiger partial charge is 0.115 e. The van der Waals surface area contributed by atoms with Crippen molar-refractivity contribution in [1.29, 1.82) is 0 Å². The molecule has 2 aromatic carbocycles. The third kappa shape index (κ3) is 11.0. The van der Waals surface area contributed by atoms with Gasteiger partial charge in [0.25, 0.3) is 0 Å². The summed E-state index contributed by atoms with van der Waals surface area (Å²) in [5, 5.41) is 17.3. The normalized spacial score (nSPS) is 14.7. The van der Waals surface area contributed by atoms with Crippen LogP contribution in [0.15, 0.2) is 60.7 Å². The minimum atomic E-state index is 0.326. The Morgan fingerprint density at radius 2 is 1.62 bits per heavy atom. The third-order valence-electron chi connectivity index (χ3n) is 5.90. The maximum atomic E-state index is 9.63. The van der Waals surface area contributed by atoms with Gasteiger partial charge in [-0.15, -0.1) is 0 Å². The molecule has 2 rings (SSSR count). The molecule has 3 N–H and O–H groups in total. The highest BCUT2D eigenvalue weighted by atomic mass is 16.3. The van der Waals surface area contributed by atoms with E-state index < -0.39 is 0 Å². The summed E-state index contributed by atoms with van der Waals surface area (Å²) in [5.41, 5.74) is 2.50. The molecule has 0 unspecified atom stereocenters. The van der Waals surface area contributed by atoms with E-state index in [9.17, 15) is 5.11 Å². The van der Waals surface area contributed by atoms with E-state index in [4.69, 9.17) is 0 Å². The monoisotopic (exact) mass is 436 g/mol. The minimum absolute atomic E-state index is 0.326. The molecule has 0 amide bonds. The van der Waals surface area contributed by atoms with Gasteiger partial charge in [0.05, 0.1) is 0 Å². The van der Waals surface area contributed by atoms with Crippen molar-refractivity contribution in [3.8, 4) is 5.75 Å². The topological polar surface area (TPSA) is 44.3 Å². The fraction of sp³-hybridized carbons (Fsp3) is 0.517. The molecule has 3 heteroatoms. The maximum absolute atomic E-state index is 9.63. The van der Waals surface area contributed by atoms with E-state index in [2.05, 4.69) is 80.8 Å². The predicted octanol–water partition coefficient (Wildman–Crippen LogP) is 6.44. The van der Waals surface area contributed by atoms with Gasteiger partial charge in [-0.05, 0) is 60.9 Å². The summed E-state index contributed by atoms with van der Waals surface area (Å²) in [6, 6.07) is 18.9. The first kappa shape index (κ1) is 26.2. The Morgan fingerprint density at radius 1 is 0.906 bits per heavy atom. The Balaban J connectivity index is 2.01. The number of unbranched alkanes of at least 4 members (excludes halogenated alkanes) is 1. The number of benzene rings is 2. The number of phenolic OH excluding ortho intramolecular Hbond substituents is 1. The standard InChI is InChI=1S/C29H44N2O/c1-5-6-10-24(4)21-30-28(20-26-14-17-29(32)18-15-26)22-31-27(19-23(2)3)16-13-25-11-8-7-9-12-25/h7-9,11-18,23-24,27-28,30-32H,5-6,10,19-22H2,1-4H3/b16-13+/t24-,27+,28-/m0/s1. The molecular weight excluding hydrogens is 392 g/mol. The molecule has 0 fully saturated rings. The molecule has 3 atom stereocenters. The van der Waals surface area contributed by atoms with Gasteiger partial charge in [-0.25, -0.2) is 0 Å². The lowest BCUT2D eigenvalue weighted by Crippen LogP contribution is -2.45. The van der Waals surface area contributed by atoms with Crippen molar-refractivity contribution in [3.63, 3.8) is 0 Å². The summed E-state index contributed by atoms with van der Waals surface area (Å²) >= 11 is 0. The van der Waals surface area contributed by atoms with Crippen molar-refractivity contribution in [3.05, 3.63) is 71.8 Å². The van der Waals surface area contributed by atoms with Crippen molar-refractivity contribution in [2.75, 3.05) is 13.1 Å². The maximum Gasteiger partial charge on any atom is 0.115 e. The van der Waals surface area contributed by atoms with E-state index in [0.717, 1.165) is 25.9 Å². The van der Waals surface area contributed by atoms with E-state index in [-0.39, 0.29) is 0 Å². The van der Waals surface area contributed by atoms with Gasteiger partial charge >= 0.3 is 0 Å². The average molecular weight is 437 g/mol. The molecule has 3 nitrogen and oxygen atoms in total. The van der Waals surface area contributed by atoms with E-state index >= 15 is 0 Å². The molecular formula is C29H44N2O. The highest BCUT2D eigenvalue weighted by Gasteiger charge is 2.14. The highest BCUT2D eigenvalue weighted by Crippen LogP contribution is 2.13. The molecule has 0 radical (unpaired) electrons. The second kappa shape index (κ2) is 14.9. The second-order valence-corrected chi connectivity index (χ2v) is 9.64. The van der Waals surface area contributed by atoms with Crippen molar-refractivity contribution < 1.29 is 5.11 Å². The van der Waals surface area contributed by atoms with E-state index in [1.807, 2.05) is 12.1 Å². The molecule has 2 aromatic rings. The number of hydrogen-bond donors (Lipinski definition) is 3. The van der Waals surface area contributed by atoms with Crippen LogP contribution >= 0.6 is 0 Å². The van der Waals surface area contributed by atoms with Crippen LogP contribution in [0.5, 0.6) is 5.75 Å². The van der Waals surface area contributed by atoms with Gasteiger partial charge in [0.15, 0.2) is 0 Å². The van der Waals surface area contributed by atoms with Crippen LogP contribution in [0, 0.1) is 11.8 Å². The number of rotatable bonds is 15. The minimum Gasteiger partial charge on any atom is -0.508 e. The van der Waals surface area contributed by atoms with Gasteiger partial charge in [-0.2, -0.15) is 0 Å². The molecule has 0 aliphatic heterocycles. The quantitative estimate of drug-likeness (QED) is 0.301.